The van der Waals surface area contributed by atoms with Crippen molar-refractivity contribution < 1.29 is 19.1 Å². The van der Waals surface area contributed by atoms with E-state index in [0.29, 0.717) is 24.3 Å². The number of unbranched alkanes of at least 4 members (excludes halogenated alkanes) is 2. The molecule has 0 saturated carbocycles. The Kier molecular flexibility index (Phi) is 13.2. The Hall–Kier alpha value is -2.48. The summed E-state index contributed by atoms with van der Waals surface area (Å²) in [5.41, 5.74) is 0.121. The first-order valence-corrected chi connectivity index (χ1v) is 14.5. The quantitative estimate of drug-likeness (QED) is 0.306. The van der Waals surface area contributed by atoms with E-state index in [1.165, 1.54) is 0 Å². The Morgan fingerprint density at radius 1 is 1.14 bits per heavy atom. The van der Waals surface area contributed by atoms with Crippen LogP contribution in [0.25, 0.3) is 6.08 Å². The molecule has 1 rings (SSSR count). The molecule has 2 N–H and O–H groups in total. The number of benzene rings is 1. The minimum atomic E-state index is -0.883. The normalized spacial score (nSPS) is 13.3. The zero-order valence-electron chi connectivity index (χ0n) is 24.0. The van der Waals surface area contributed by atoms with Gasteiger partial charge in [-0.2, -0.15) is 11.8 Å². The van der Waals surface area contributed by atoms with Crippen molar-refractivity contribution in [1.82, 2.24) is 15.5 Å². The molecule has 37 heavy (non-hydrogen) atoms. The maximum atomic E-state index is 14.2. The Bertz CT molecular complexity index is 905. The molecule has 1 aromatic rings. The van der Waals surface area contributed by atoms with Gasteiger partial charge < -0.3 is 20.3 Å². The summed E-state index contributed by atoms with van der Waals surface area (Å²) >= 11 is 1.59. The van der Waals surface area contributed by atoms with E-state index in [9.17, 15) is 14.4 Å². The smallest absolute Gasteiger partial charge is 0.408 e. The lowest BCUT2D eigenvalue weighted by Gasteiger charge is -2.43. The monoisotopic (exact) mass is 533 g/mol. The minimum Gasteiger partial charge on any atom is -0.444 e. The van der Waals surface area contributed by atoms with Crippen LogP contribution in [-0.2, 0) is 14.3 Å². The molecule has 0 bridgehead atoms. The third kappa shape index (κ3) is 11.2. The fourth-order valence-electron chi connectivity index (χ4n) is 3.91. The molecular weight excluding hydrogens is 486 g/mol. The zero-order chi connectivity index (χ0) is 28.2. The SMILES string of the molecule is C=Cc1cccc(C(C(=O)NCCCCC)N(C(=O)C(CCSC)NC(=O)OC(C)(C)C)C(C)(C)C)c1. The molecule has 0 fully saturated rings. The van der Waals surface area contributed by atoms with E-state index in [0.717, 1.165) is 24.8 Å². The number of alkyl carbamates (subject to hydrolysis) is 1. The number of nitrogens with one attached hydrogen (secondary N) is 2. The average Bonchev–Trinajstić information content (AvgIpc) is 2.80. The van der Waals surface area contributed by atoms with Crippen LogP contribution in [0.1, 0.15) is 91.3 Å². The van der Waals surface area contributed by atoms with Gasteiger partial charge in [-0.15, -0.1) is 0 Å². The summed E-state index contributed by atoms with van der Waals surface area (Å²) in [6, 6.07) is 5.77. The number of hydrogen-bond donors (Lipinski definition) is 2. The molecule has 0 aliphatic rings. The second-order valence-corrected chi connectivity index (χ2v) is 12.1. The lowest BCUT2D eigenvalue weighted by Crippen LogP contribution is -2.58. The standard InChI is InChI=1S/C29H47N3O4S/c1-10-12-13-18-30-25(33)24(22-16-14-15-21(11-2)20-22)32(28(3,4)5)26(34)23(17-19-37-9)31-27(35)36-29(6,7)8/h11,14-16,20,23-24H,2,10,12-13,17-19H2,1,3-9H3,(H,30,33)(H,31,35). The molecule has 0 aliphatic carbocycles. The van der Waals surface area contributed by atoms with Gasteiger partial charge in [0.15, 0.2) is 0 Å². The van der Waals surface area contributed by atoms with E-state index in [4.69, 9.17) is 4.74 Å². The topological polar surface area (TPSA) is 87.7 Å². The third-order valence-electron chi connectivity index (χ3n) is 5.61. The van der Waals surface area contributed by atoms with Crippen LogP contribution in [0.3, 0.4) is 0 Å². The van der Waals surface area contributed by atoms with Gasteiger partial charge in [0.25, 0.3) is 0 Å². The molecule has 208 valence electrons. The van der Waals surface area contributed by atoms with Gasteiger partial charge in [0.2, 0.25) is 11.8 Å². The van der Waals surface area contributed by atoms with E-state index < -0.39 is 29.3 Å². The van der Waals surface area contributed by atoms with Crippen molar-refractivity contribution in [3.05, 3.63) is 42.0 Å². The number of rotatable bonds is 13. The second-order valence-electron chi connectivity index (χ2n) is 11.1. The molecule has 0 aliphatic heterocycles. The van der Waals surface area contributed by atoms with E-state index in [2.05, 4.69) is 24.1 Å². The first-order valence-electron chi connectivity index (χ1n) is 13.1. The van der Waals surface area contributed by atoms with Crippen molar-refractivity contribution in [3.63, 3.8) is 0 Å². The van der Waals surface area contributed by atoms with Gasteiger partial charge >= 0.3 is 6.09 Å². The van der Waals surface area contributed by atoms with Gasteiger partial charge in [-0.1, -0.05) is 50.6 Å². The molecule has 3 amide bonds. The molecule has 0 saturated heterocycles. The third-order valence-corrected chi connectivity index (χ3v) is 6.25. The lowest BCUT2D eigenvalue weighted by molar-refractivity contribution is -0.148. The van der Waals surface area contributed by atoms with Crippen molar-refractivity contribution in [2.75, 3.05) is 18.6 Å². The van der Waals surface area contributed by atoms with Crippen molar-refractivity contribution in [2.24, 2.45) is 0 Å². The van der Waals surface area contributed by atoms with Crippen molar-refractivity contribution in [3.8, 4) is 0 Å². The highest BCUT2D eigenvalue weighted by atomic mass is 32.2. The number of hydrogen-bond acceptors (Lipinski definition) is 5. The fourth-order valence-corrected chi connectivity index (χ4v) is 4.38. The lowest BCUT2D eigenvalue weighted by atomic mass is 9.94. The predicted molar refractivity (Wildman–Crippen MR) is 155 cm³/mol. The van der Waals surface area contributed by atoms with Crippen LogP contribution in [0.2, 0.25) is 0 Å². The average molecular weight is 534 g/mol. The summed E-state index contributed by atoms with van der Waals surface area (Å²) in [7, 11) is 0. The molecule has 2 unspecified atom stereocenters. The van der Waals surface area contributed by atoms with Crippen LogP contribution in [0.15, 0.2) is 30.8 Å². The zero-order valence-corrected chi connectivity index (χ0v) is 24.8. The molecular formula is C29H47N3O4S. The van der Waals surface area contributed by atoms with Gasteiger partial charge in [-0.25, -0.2) is 4.79 Å². The van der Waals surface area contributed by atoms with Crippen LogP contribution in [0.5, 0.6) is 0 Å². The molecule has 8 heteroatoms. The number of thioether (sulfide) groups is 1. The Balaban J connectivity index is 3.51. The van der Waals surface area contributed by atoms with Crippen LogP contribution in [-0.4, -0.2) is 58.5 Å². The highest BCUT2D eigenvalue weighted by Gasteiger charge is 2.41. The van der Waals surface area contributed by atoms with E-state index >= 15 is 0 Å². The highest BCUT2D eigenvalue weighted by Crippen LogP contribution is 2.31. The van der Waals surface area contributed by atoms with Crippen LogP contribution < -0.4 is 10.6 Å². The number of ether oxygens (including phenoxy) is 1. The van der Waals surface area contributed by atoms with E-state index in [1.807, 2.05) is 51.3 Å². The summed E-state index contributed by atoms with van der Waals surface area (Å²) in [4.78, 5) is 42.2. The van der Waals surface area contributed by atoms with Crippen molar-refractivity contribution in [1.29, 1.82) is 0 Å². The van der Waals surface area contributed by atoms with Gasteiger partial charge in [0, 0.05) is 12.1 Å². The Labute approximate surface area is 228 Å². The van der Waals surface area contributed by atoms with Gasteiger partial charge in [-0.3, -0.25) is 9.59 Å². The highest BCUT2D eigenvalue weighted by molar-refractivity contribution is 7.98. The number of carbonyl (C=O) groups is 3. The first-order chi connectivity index (χ1) is 17.2. The molecule has 0 heterocycles. The first kappa shape index (κ1) is 32.5. The number of nitrogens with zero attached hydrogens (tertiary/aromatic N) is 1. The van der Waals surface area contributed by atoms with Gasteiger partial charge in [0.05, 0.1) is 0 Å². The fraction of sp³-hybridized carbons (Fsp3) is 0.621. The van der Waals surface area contributed by atoms with Crippen LogP contribution in [0.4, 0.5) is 4.79 Å². The molecule has 0 radical (unpaired) electrons. The second kappa shape index (κ2) is 15.1. The van der Waals surface area contributed by atoms with E-state index in [-0.39, 0.29) is 11.8 Å². The Morgan fingerprint density at radius 3 is 2.35 bits per heavy atom. The van der Waals surface area contributed by atoms with E-state index in [1.54, 1.807) is 43.5 Å². The maximum Gasteiger partial charge on any atom is 0.408 e. The predicted octanol–water partition coefficient (Wildman–Crippen LogP) is 5.95. The molecule has 7 nitrogen and oxygen atoms in total. The summed E-state index contributed by atoms with van der Waals surface area (Å²) in [6.07, 6.45) is 6.33. The van der Waals surface area contributed by atoms with Gasteiger partial charge in [0.1, 0.15) is 17.7 Å². The Morgan fingerprint density at radius 2 is 1.81 bits per heavy atom. The maximum absolute atomic E-state index is 14.2. The van der Waals surface area contributed by atoms with Gasteiger partial charge in [-0.05, 0) is 83.6 Å². The summed E-state index contributed by atoms with van der Waals surface area (Å²) in [5, 5.41) is 5.81. The summed E-state index contributed by atoms with van der Waals surface area (Å²) < 4.78 is 5.44. The van der Waals surface area contributed by atoms with Crippen molar-refractivity contribution >= 4 is 35.7 Å². The molecule has 1 aromatic carbocycles. The summed E-state index contributed by atoms with van der Waals surface area (Å²) in [5.74, 6) is 0.0795. The van der Waals surface area contributed by atoms with Crippen LogP contribution >= 0.6 is 11.8 Å². The molecule has 2 atom stereocenters. The minimum absolute atomic E-state index is 0.249. The molecule has 0 aromatic heterocycles. The van der Waals surface area contributed by atoms with Crippen LogP contribution in [0, 0.1) is 0 Å². The summed E-state index contributed by atoms with van der Waals surface area (Å²) in [6.45, 7) is 17.5. The number of carbonyl (C=O) groups excluding carboxylic acids is 3. The number of amides is 3. The van der Waals surface area contributed by atoms with Crippen molar-refractivity contribution in [2.45, 2.75) is 97.4 Å². The largest absolute Gasteiger partial charge is 0.444 e. The molecule has 0 spiro atoms.